The van der Waals surface area contributed by atoms with Crippen molar-refractivity contribution >= 4 is 5.97 Å². The fraction of sp³-hybridized carbons (Fsp3) is 0.857. The molecule has 3 nitrogen and oxygen atoms in total. The molecule has 0 aromatic carbocycles. The van der Waals surface area contributed by atoms with E-state index < -0.39 is 5.97 Å². The minimum absolute atomic E-state index is 0. The Morgan fingerprint density at radius 2 is 1.91 bits per heavy atom. The Kier molecular flexibility index (Phi) is 12.1. The number of carboxylic acid groups (broad SMARTS) is 1. The van der Waals surface area contributed by atoms with Crippen LogP contribution >= 0.6 is 0 Å². The quantitative estimate of drug-likeness (QED) is 0.450. The molecule has 0 amide bonds. The van der Waals surface area contributed by atoms with Crippen molar-refractivity contribution < 1.29 is 61.3 Å². The first-order valence-electron chi connectivity index (χ1n) is 3.63. The standard InChI is InChI=1S/C7H15NO2.K/c1-3-6(4-2)8-5-7(9)10;/h6,8H,3-5H2,1-2H3,(H,9,10);/q;+1/p-1. The Hall–Kier alpha value is 1.07. The second-order valence-corrected chi connectivity index (χ2v) is 2.27. The summed E-state index contributed by atoms with van der Waals surface area (Å²) >= 11 is 0. The van der Waals surface area contributed by atoms with Gasteiger partial charge in [-0.1, -0.05) is 13.8 Å². The van der Waals surface area contributed by atoms with E-state index in [0.29, 0.717) is 6.04 Å². The molecule has 0 aliphatic carbocycles. The first-order chi connectivity index (χ1) is 4.70. The number of rotatable bonds is 5. The smallest absolute Gasteiger partial charge is 0.549 e. The van der Waals surface area contributed by atoms with Crippen LogP contribution in [0, 0.1) is 0 Å². The Labute approximate surface area is 110 Å². The van der Waals surface area contributed by atoms with Crippen molar-refractivity contribution in [3.8, 4) is 0 Å². The van der Waals surface area contributed by atoms with Gasteiger partial charge >= 0.3 is 51.4 Å². The van der Waals surface area contributed by atoms with Gasteiger partial charge in [0.2, 0.25) is 0 Å². The van der Waals surface area contributed by atoms with Crippen molar-refractivity contribution in [2.75, 3.05) is 6.54 Å². The molecule has 0 aromatic rings. The van der Waals surface area contributed by atoms with Crippen molar-refractivity contribution in [2.45, 2.75) is 32.7 Å². The summed E-state index contributed by atoms with van der Waals surface area (Å²) in [6.07, 6.45) is 1.92. The van der Waals surface area contributed by atoms with Crippen LogP contribution in [0.25, 0.3) is 0 Å². The zero-order valence-corrected chi connectivity index (χ0v) is 10.6. The molecule has 60 valence electrons. The molecule has 0 radical (unpaired) electrons. The molecule has 0 bridgehead atoms. The van der Waals surface area contributed by atoms with E-state index >= 15 is 0 Å². The summed E-state index contributed by atoms with van der Waals surface area (Å²) in [5, 5.41) is 12.8. The molecule has 0 saturated carbocycles. The molecule has 0 aromatic heterocycles. The van der Waals surface area contributed by atoms with E-state index in [2.05, 4.69) is 5.32 Å². The molecular weight excluding hydrogens is 169 g/mol. The van der Waals surface area contributed by atoms with Crippen LogP contribution in [0.4, 0.5) is 0 Å². The van der Waals surface area contributed by atoms with E-state index in [1.807, 2.05) is 13.8 Å². The molecule has 4 heteroatoms. The van der Waals surface area contributed by atoms with Gasteiger partial charge in [0.25, 0.3) is 0 Å². The van der Waals surface area contributed by atoms with Gasteiger partial charge in [-0.3, -0.25) is 0 Å². The van der Waals surface area contributed by atoms with Gasteiger partial charge < -0.3 is 15.2 Å². The number of aliphatic carboxylic acids is 1. The van der Waals surface area contributed by atoms with Crippen LogP contribution < -0.4 is 61.8 Å². The van der Waals surface area contributed by atoms with E-state index in [1.165, 1.54) is 0 Å². The Morgan fingerprint density at radius 3 is 2.18 bits per heavy atom. The molecular formula is C7H14KNO2. The zero-order chi connectivity index (χ0) is 7.98. The number of nitrogens with one attached hydrogen (secondary N) is 1. The fourth-order valence-electron chi connectivity index (χ4n) is 0.805. The maximum Gasteiger partial charge on any atom is 1.00 e. The van der Waals surface area contributed by atoms with E-state index in [9.17, 15) is 9.90 Å². The summed E-state index contributed by atoms with van der Waals surface area (Å²) in [5.41, 5.74) is 0. The van der Waals surface area contributed by atoms with E-state index in [4.69, 9.17) is 0 Å². The number of carbonyl (C=O) groups is 1. The van der Waals surface area contributed by atoms with Gasteiger partial charge in [-0.05, 0) is 12.8 Å². The van der Waals surface area contributed by atoms with Crippen LogP contribution in [0.1, 0.15) is 26.7 Å². The van der Waals surface area contributed by atoms with E-state index in [-0.39, 0.29) is 57.9 Å². The summed E-state index contributed by atoms with van der Waals surface area (Å²) in [5.74, 6) is -1.04. The summed E-state index contributed by atoms with van der Waals surface area (Å²) in [6, 6.07) is 0.317. The van der Waals surface area contributed by atoms with Crippen LogP contribution in [0.5, 0.6) is 0 Å². The molecule has 0 aliphatic rings. The van der Waals surface area contributed by atoms with Crippen LogP contribution in [-0.2, 0) is 4.79 Å². The van der Waals surface area contributed by atoms with Crippen LogP contribution in [0.3, 0.4) is 0 Å². The molecule has 0 aliphatic heterocycles. The molecule has 0 spiro atoms. The third kappa shape index (κ3) is 8.98. The average molecular weight is 183 g/mol. The minimum Gasteiger partial charge on any atom is -0.549 e. The van der Waals surface area contributed by atoms with Gasteiger partial charge in [0.05, 0.1) is 5.97 Å². The third-order valence-corrected chi connectivity index (χ3v) is 1.52. The van der Waals surface area contributed by atoms with E-state index in [1.54, 1.807) is 0 Å². The monoisotopic (exact) mass is 183 g/mol. The van der Waals surface area contributed by atoms with Crippen LogP contribution in [0.15, 0.2) is 0 Å². The van der Waals surface area contributed by atoms with Gasteiger partial charge in [0.1, 0.15) is 0 Å². The predicted octanol–water partition coefficient (Wildman–Crippen LogP) is -3.48. The maximum atomic E-state index is 9.96. The SMILES string of the molecule is CCC(CC)NCC(=O)[O-].[K+]. The first kappa shape index (κ1) is 14.6. The zero-order valence-electron chi connectivity index (χ0n) is 7.52. The summed E-state index contributed by atoms with van der Waals surface area (Å²) in [4.78, 5) is 9.96. The van der Waals surface area contributed by atoms with E-state index in [0.717, 1.165) is 12.8 Å². The van der Waals surface area contributed by atoms with Crippen molar-refractivity contribution in [3.05, 3.63) is 0 Å². The summed E-state index contributed by atoms with van der Waals surface area (Å²) < 4.78 is 0. The fourth-order valence-corrected chi connectivity index (χ4v) is 0.805. The Morgan fingerprint density at radius 1 is 1.45 bits per heavy atom. The molecule has 0 unspecified atom stereocenters. The second-order valence-electron chi connectivity index (χ2n) is 2.27. The van der Waals surface area contributed by atoms with Crippen molar-refractivity contribution in [2.24, 2.45) is 0 Å². The van der Waals surface area contributed by atoms with Gasteiger partial charge in [0.15, 0.2) is 0 Å². The molecule has 1 N–H and O–H groups in total. The number of hydrogen-bond acceptors (Lipinski definition) is 3. The topological polar surface area (TPSA) is 52.2 Å². The van der Waals surface area contributed by atoms with Crippen molar-refractivity contribution in [3.63, 3.8) is 0 Å². The Bertz CT molecular complexity index is 105. The van der Waals surface area contributed by atoms with Gasteiger partial charge in [-0.2, -0.15) is 0 Å². The Balaban J connectivity index is 0. The number of carboxylic acids is 1. The molecule has 0 rings (SSSR count). The first-order valence-corrected chi connectivity index (χ1v) is 3.63. The number of carbonyl (C=O) groups excluding carboxylic acids is 1. The molecule has 0 saturated heterocycles. The maximum absolute atomic E-state index is 9.96. The van der Waals surface area contributed by atoms with Crippen molar-refractivity contribution in [1.82, 2.24) is 5.32 Å². The number of hydrogen-bond donors (Lipinski definition) is 1. The molecule has 0 heterocycles. The van der Waals surface area contributed by atoms with Crippen molar-refractivity contribution in [1.29, 1.82) is 0 Å². The molecule has 11 heavy (non-hydrogen) atoms. The average Bonchev–Trinajstić information content (AvgIpc) is 1.90. The van der Waals surface area contributed by atoms with Gasteiger partial charge in [0, 0.05) is 12.6 Å². The minimum atomic E-state index is -1.04. The van der Waals surface area contributed by atoms with Crippen LogP contribution in [-0.4, -0.2) is 18.6 Å². The molecule has 0 fully saturated rings. The molecule has 0 atom stereocenters. The third-order valence-electron chi connectivity index (χ3n) is 1.52. The van der Waals surface area contributed by atoms with Crippen LogP contribution in [0.2, 0.25) is 0 Å². The largest absolute Gasteiger partial charge is 1.00 e. The summed E-state index contributed by atoms with van der Waals surface area (Å²) in [7, 11) is 0. The summed E-state index contributed by atoms with van der Waals surface area (Å²) in [6.45, 7) is 4.01. The second kappa shape index (κ2) is 9.16. The normalized spacial score (nSPS) is 9.36. The predicted molar refractivity (Wildman–Crippen MR) is 37.4 cm³/mol. The van der Waals surface area contributed by atoms with Gasteiger partial charge in [-0.25, -0.2) is 0 Å². The van der Waals surface area contributed by atoms with Gasteiger partial charge in [-0.15, -0.1) is 0 Å².